The molecule has 28 heavy (non-hydrogen) atoms. The van der Waals surface area contributed by atoms with E-state index < -0.39 is 33.4 Å². The van der Waals surface area contributed by atoms with Crippen LogP contribution in [0.1, 0.15) is 27.7 Å². The highest BCUT2D eigenvalue weighted by molar-refractivity contribution is 7.36. The molecule has 0 amide bonds. The molecule has 0 aliphatic carbocycles. The summed E-state index contributed by atoms with van der Waals surface area (Å²) in [6.45, 7) is 7.24. The third-order valence-electron chi connectivity index (χ3n) is 4.76. The van der Waals surface area contributed by atoms with Crippen LogP contribution < -0.4 is 22.2 Å². The van der Waals surface area contributed by atoms with E-state index in [2.05, 4.69) is 0 Å². The van der Waals surface area contributed by atoms with Gasteiger partial charge in [0.2, 0.25) is 0 Å². The van der Waals surface area contributed by atoms with Gasteiger partial charge in [-0.15, -0.1) is 22.7 Å². The Morgan fingerprint density at radius 1 is 0.643 bits per heavy atom. The molecule has 0 atom stereocenters. The lowest BCUT2D eigenvalue weighted by atomic mass is 10.1. The van der Waals surface area contributed by atoms with E-state index in [1.54, 1.807) is 27.7 Å². The summed E-state index contributed by atoms with van der Waals surface area (Å²) in [5.74, 6) is 0. The second kappa shape index (κ2) is 6.87. The van der Waals surface area contributed by atoms with Gasteiger partial charge in [0, 0.05) is 14.2 Å². The Balaban J connectivity index is 2.28. The van der Waals surface area contributed by atoms with Gasteiger partial charge in [-0.05, 0) is 27.7 Å². The summed E-state index contributed by atoms with van der Waals surface area (Å²) >= 11 is 1.81. The first-order valence-corrected chi connectivity index (χ1v) is 10.2. The monoisotopic (exact) mass is 426 g/mol. The van der Waals surface area contributed by atoms with Crippen molar-refractivity contribution >= 4 is 41.5 Å². The van der Waals surface area contributed by atoms with Crippen molar-refractivity contribution in [3.63, 3.8) is 0 Å². The van der Waals surface area contributed by atoms with Gasteiger partial charge in [0.25, 0.3) is 22.2 Å². The summed E-state index contributed by atoms with van der Waals surface area (Å²) in [7, 11) is 3.01. The highest BCUT2D eigenvalue weighted by Gasteiger charge is 2.27. The molecule has 0 radical (unpaired) electrons. The number of fused-ring (bicyclic) bond motifs is 2. The van der Waals surface area contributed by atoms with E-state index >= 15 is 0 Å². The first-order valence-electron chi connectivity index (χ1n) is 8.59. The van der Waals surface area contributed by atoms with Crippen LogP contribution in [0.5, 0.6) is 0 Å². The number of hydrogen-bond acceptors (Lipinski definition) is 8. The second-order valence-corrected chi connectivity index (χ2v) is 9.88. The van der Waals surface area contributed by atoms with E-state index in [0.717, 1.165) is 31.8 Å². The number of hydrogen-bond donors (Lipinski definition) is 0. The molecule has 0 spiro atoms. The molecule has 152 valence electrons. The molecule has 3 rings (SSSR count). The van der Waals surface area contributed by atoms with Gasteiger partial charge in [0.15, 0.2) is 0 Å². The second-order valence-electron chi connectivity index (χ2n) is 7.84. The lowest BCUT2D eigenvalue weighted by Gasteiger charge is -2.22. The van der Waals surface area contributed by atoms with Gasteiger partial charge >= 0.3 is 0 Å². The molecule has 3 heterocycles. The Hall–Kier alpha value is -1.88. The smallest absolute Gasteiger partial charge is 0.272 e. The molecule has 0 saturated carbocycles. The summed E-state index contributed by atoms with van der Waals surface area (Å²) < 4.78 is 13.6. The topological polar surface area (TPSA) is 96.6 Å². The van der Waals surface area contributed by atoms with Crippen LogP contribution in [0.2, 0.25) is 0 Å². The van der Waals surface area contributed by atoms with Crippen molar-refractivity contribution in [1.82, 2.24) is 9.13 Å². The molecule has 0 aliphatic rings. The van der Waals surface area contributed by atoms with Crippen LogP contribution in [0.15, 0.2) is 19.2 Å². The van der Waals surface area contributed by atoms with Crippen molar-refractivity contribution in [2.24, 2.45) is 0 Å². The van der Waals surface area contributed by atoms with Crippen LogP contribution in [0, 0.1) is 0 Å². The Morgan fingerprint density at radius 2 is 0.893 bits per heavy atom. The molecule has 0 saturated heterocycles. The van der Waals surface area contributed by atoms with E-state index in [-0.39, 0.29) is 31.9 Å². The average Bonchev–Trinajstić information content (AvgIpc) is 3.01. The Labute approximate surface area is 167 Å². The van der Waals surface area contributed by atoms with Gasteiger partial charge < -0.3 is 9.47 Å². The summed E-state index contributed by atoms with van der Waals surface area (Å²) in [5, 5.41) is 0. The van der Waals surface area contributed by atoms with Gasteiger partial charge in [-0.25, -0.2) is 0 Å². The van der Waals surface area contributed by atoms with Crippen molar-refractivity contribution in [3.05, 3.63) is 41.4 Å². The van der Waals surface area contributed by atoms with Gasteiger partial charge in [0.05, 0.1) is 24.3 Å². The molecule has 3 aromatic rings. The Bertz CT molecular complexity index is 1100. The van der Waals surface area contributed by atoms with Gasteiger partial charge in [0.1, 0.15) is 18.8 Å². The number of ether oxygens (including phenoxy) is 2. The number of rotatable bonds is 6. The fraction of sp³-hybridized carbons (Fsp3) is 0.556. The fourth-order valence-electron chi connectivity index (χ4n) is 2.81. The maximum Gasteiger partial charge on any atom is 0.272 e. The van der Waals surface area contributed by atoms with E-state index in [4.69, 9.17) is 9.47 Å². The first-order chi connectivity index (χ1) is 12.9. The molecule has 0 fully saturated rings. The standard InChI is InChI=1S/C18H22N2O6S2/c1-17(2,25-5)7-19-13(21)9-10(14(19)22)28-12-11(27-9)15(23)20(16(12)24)8-18(3,4)26-6/h7-8H2,1-6H3. The normalized spacial score (nSPS) is 13.1. The van der Waals surface area contributed by atoms with Crippen LogP contribution in [0.25, 0.3) is 18.8 Å². The van der Waals surface area contributed by atoms with Crippen molar-refractivity contribution in [2.75, 3.05) is 14.2 Å². The van der Waals surface area contributed by atoms with Crippen molar-refractivity contribution < 1.29 is 9.47 Å². The zero-order chi connectivity index (χ0) is 21.0. The summed E-state index contributed by atoms with van der Waals surface area (Å²) in [6.07, 6.45) is 0. The summed E-state index contributed by atoms with van der Waals surface area (Å²) in [4.78, 5) is 51.1. The molecule has 0 aliphatic heterocycles. The molecular weight excluding hydrogens is 404 g/mol. The van der Waals surface area contributed by atoms with E-state index in [0.29, 0.717) is 0 Å². The highest BCUT2D eigenvalue weighted by Crippen LogP contribution is 2.26. The molecule has 8 nitrogen and oxygen atoms in total. The third-order valence-corrected chi connectivity index (χ3v) is 7.35. The number of nitrogens with zero attached hydrogens (tertiary/aromatic N) is 2. The van der Waals surface area contributed by atoms with Crippen LogP contribution in [0.4, 0.5) is 0 Å². The Morgan fingerprint density at radius 3 is 1.11 bits per heavy atom. The van der Waals surface area contributed by atoms with Crippen molar-refractivity contribution in [3.8, 4) is 0 Å². The maximum atomic E-state index is 12.8. The lowest BCUT2D eigenvalue weighted by molar-refractivity contribution is 0.00682. The van der Waals surface area contributed by atoms with Gasteiger partial charge in [-0.1, -0.05) is 0 Å². The predicted octanol–water partition coefficient (Wildman–Crippen LogP) is 1.45. The van der Waals surface area contributed by atoms with Gasteiger partial charge in [-0.3, -0.25) is 28.3 Å². The quantitative estimate of drug-likeness (QED) is 0.592. The number of aromatic nitrogens is 2. The Kier molecular flexibility index (Phi) is 5.11. The highest BCUT2D eigenvalue weighted by atomic mass is 32.1. The zero-order valence-corrected chi connectivity index (χ0v) is 18.2. The molecule has 3 aromatic heterocycles. The number of methoxy groups -OCH3 is 2. The first kappa shape index (κ1) is 20.8. The van der Waals surface area contributed by atoms with Crippen LogP contribution in [-0.4, -0.2) is 34.6 Å². The SMILES string of the molecule is COC(C)(C)Cn1c(=O)c2sc3c(=O)n(CC(C)(C)OC)c(=O)c3sc2c1=O. The van der Waals surface area contributed by atoms with Crippen LogP contribution in [-0.2, 0) is 22.6 Å². The minimum atomic E-state index is -0.709. The molecular formula is C18H22N2O6S2. The largest absolute Gasteiger partial charge is 0.377 e. The fourth-order valence-corrected chi connectivity index (χ4v) is 5.22. The van der Waals surface area contributed by atoms with E-state index in [9.17, 15) is 19.2 Å². The lowest BCUT2D eigenvalue weighted by Crippen LogP contribution is -2.37. The van der Waals surface area contributed by atoms with Crippen LogP contribution in [0.3, 0.4) is 0 Å². The summed E-state index contributed by atoms with van der Waals surface area (Å²) in [5.41, 5.74) is -3.29. The third kappa shape index (κ3) is 3.34. The molecule has 0 aromatic carbocycles. The minimum absolute atomic E-state index is 0.0794. The predicted molar refractivity (Wildman–Crippen MR) is 112 cm³/mol. The minimum Gasteiger partial charge on any atom is -0.377 e. The average molecular weight is 427 g/mol. The van der Waals surface area contributed by atoms with E-state index in [1.807, 2.05) is 0 Å². The van der Waals surface area contributed by atoms with Crippen molar-refractivity contribution in [2.45, 2.75) is 52.0 Å². The maximum absolute atomic E-state index is 12.8. The van der Waals surface area contributed by atoms with E-state index in [1.165, 1.54) is 14.2 Å². The van der Waals surface area contributed by atoms with Gasteiger partial charge in [-0.2, -0.15) is 0 Å². The molecule has 0 bridgehead atoms. The molecule has 0 N–H and O–H groups in total. The molecule has 10 heteroatoms. The van der Waals surface area contributed by atoms with Crippen LogP contribution >= 0.6 is 22.7 Å². The van der Waals surface area contributed by atoms with Crippen molar-refractivity contribution in [1.29, 1.82) is 0 Å². The zero-order valence-electron chi connectivity index (χ0n) is 16.6. The molecule has 0 unspecified atom stereocenters. The summed E-state index contributed by atoms with van der Waals surface area (Å²) in [6, 6.07) is 0.